The van der Waals surface area contributed by atoms with Gasteiger partial charge in [0.05, 0.1) is 33.8 Å². The van der Waals surface area contributed by atoms with E-state index in [-0.39, 0.29) is 31.5 Å². The van der Waals surface area contributed by atoms with E-state index in [1.807, 2.05) is 33.3 Å². The lowest BCUT2D eigenvalue weighted by Gasteiger charge is -2.30. The number of quaternary nitrogens is 1. The van der Waals surface area contributed by atoms with Gasteiger partial charge in [-0.3, -0.25) is 14.2 Å². The smallest absolute Gasteiger partial charge is 0.306 e. The van der Waals surface area contributed by atoms with E-state index in [1.54, 1.807) is 0 Å². The number of carbonyl (C=O) groups excluding carboxylic acids is 2. The number of hydrogen-bond donors (Lipinski definition) is 1. The molecule has 0 saturated carbocycles. The number of hydrogen-bond acceptors (Lipinski definition) is 7. The van der Waals surface area contributed by atoms with Gasteiger partial charge in [-0.15, -0.1) is 0 Å². The largest absolute Gasteiger partial charge is 0.756 e. The normalized spacial score (nSPS) is 13.8. The summed E-state index contributed by atoms with van der Waals surface area (Å²) in [5.74, 6) is -0.531. The number of unbranched alkanes of at least 4 members (excludes halogenated alkanes) is 43. The van der Waals surface area contributed by atoms with Crippen LogP contribution in [-0.2, 0) is 27.9 Å². The van der Waals surface area contributed by atoms with E-state index in [4.69, 9.17) is 13.8 Å². The molecule has 1 N–H and O–H groups in total. The Balaban J connectivity index is 5.02. The Morgan fingerprint density at radius 3 is 1.08 bits per heavy atom. The number of allylic oxidation sites excluding steroid dienone is 5. The van der Waals surface area contributed by atoms with Crippen LogP contribution in [0, 0.1) is 0 Å². The first-order valence-corrected chi connectivity index (χ1v) is 35.8. The number of phosphoric acid groups is 1. The first-order chi connectivity index (χ1) is 38.4. The van der Waals surface area contributed by atoms with Crippen molar-refractivity contribution in [1.82, 2.24) is 5.32 Å². The molecule has 0 aliphatic carbocycles. The molecule has 0 aromatic rings. The summed E-state index contributed by atoms with van der Waals surface area (Å²) in [6.45, 7) is 6.87. The fraction of sp³-hybridized carbons (Fsp3) is 0.884. The second kappa shape index (κ2) is 59.4. The minimum Gasteiger partial charge on any atom is -0.756 e. The van der Waals surface area contributed by atoms with Crippen molar-refractivity contribution in [3.05, 3.63) is 36.5 Å². The highest BCUT2D eigenvalue weighted by molar-refractivity contribution is 7.45. The zero-order valence-corrected chi connectivity index (χ0v) is 54.2. The summed E-state index contributed by atoms with van der Waals surface area (Å²) in [7, 11) is 1.20. The molecule has 0 spiro atoms. The van der Waals surface area contributed by atoms with Crippen LogP contribution >= 0.6 is 7.82 Å². The highest BCUT2D eigenvalue weighted by Gasteiger charge is 2.27. The van der Waals surface area contributed by atoms with E-state index in [9.17, 15) is 19.0 Å². The molecule has 0 aromatic heterocycles. The number of phosphoric ester groups is 1. The standard InChI is InChI=1S/C69H133N2O7P/c1-7-10-13-16-19-22-25-27-29-31-32-33-34-35-36-37-38-40-42-44-47-50-53-56-59-62-69(73)78-67(60-57-54-51-48-45-24-21-18-15-12-9-3)66(65-77-79(74,75)76-64-63-71(4,5)6)70-68(72)61-58-55-52-49-46-43-41-39-30-28-26-23-20-17-14-11-8-2/h27-30,57,60,66-67H,7-26,31-56,58-59,61-65H2,1-6H3,(H-,70,72,74,75)/b29-27+,30-28+,60-57-. The van der Waals surface area contributed by atoms with E-state index in [2.05, 4.69) is 50.4 Å². The summed E-state index contributed by atoms with van der Waals surface area (Å²) in [6, 6.07) is -0.887. The summed E-state index contributed by atoms with van der Waals surface area (Å²) in [4.78, 5) is 40.1. The van der Waals surface area contributed by atoms with Crippen LogP contribution in [0.15, 0.2) is 36.5 Å². The van der Waals surface area contributed by atoms with Gasteiger partial charge in [-0.25, -0.2) is 0 Å². The molecule has 0 bridgehead atoms. The van der Waals surface area contributed by atoms with Crippen molar-refractivity contribution in [3.8, 4) is 0 Å². The maximum absolute atomic E-state index is 13.5. The predicted octanol–water partition coefficient (Wildman–Crippen LogP) is 20.8. The number of amides is 1. The third-order valence-electron chi connectivity index (χ3n) is 15.5. The van der Waals surface area contributed by atoms with Gasteiger partial charge in [-0.2, -0.15) is 0 Å². The Morgan fingerprint density at radius 1 is 0.430 bits per heavy atom. The number of nitrogens with one attached hydrogen (secondary N) is 1. The quantitative estimate of drug-likeness (QED) is 0.0212. The molecule has 0 saturated heterocycles. The van der Waals surface area contributed by atoms with Crippen LogP contribution in [0.1, 0.15) is 342 Å². The lowest BCUT2D eigenvalue weighted by atomic mass is 10.0. The first kappa shape index (κ1) is 77.2. The number of esters is 1. The zero-order chi connectivity index (χ0) is 57.9. The Kier molecular flexibility index (Phi) is 58.1. The van der Waals surface area contributed by atoms with E-state index >= 15 is 0 Å². The maximum Gasteiger partial charge on any atom is 0.306 e. The van der Waals surface area contributed by atoms with Gasteiger partial charge in [0.25, 0.3) is 7.82 Å². The van der Waals surface area contributed by atoms with Crippen LogP contribution in [0.4, 0.5) is 0 Å². The summed E-state index contributed by atoms with van der Waals surface area (Å²) >= 11 is 0. The van der Waals surface area contributed by atoms with Gasteiger partial charge in [0, 0.05) is 12.8 Å². The molecule has 466 valence electrons. The number of rotatable bonds is 63. The third-order valence-corrected chi connectivity index (χ3v) is 16.5. The molecule has 3 unspecified atom stereocenters. The molecular weight excluding hydrogens is 1000 g/mol. The van der Waals surface area contributed by atoms with E-state index < -0.39 is 20.0 Å². The zero-order valence-electron chi connectivity index (χ0n) is 53.3. The van der Waals surface area contributed by atoms with E-state index in [0.717, 1.165) is 70.6 Å². The molecular formula is C69H133N2O7P. The number of carbonyl (C=O) groups is 2. The number of likely N-dealkylation sites (N-methyl/N-ethyl adjacent to an activating group) is 1. The van der Waals surface area contributed by atoms with Gasteiger partial charge < -0.3 is 28.5 Å². The summed E-state index contributed by atoms with van der Waals surface area (Å²) < 4.78 is 30.4. The fourth-order valence-electron chi connectivity index (χ4n) is 10.2. The molecule has 0 radical (unpaired) electrons. The molecule has 0 fully saturated rings. The van der Waals surface area contributed by atoms with Gasteiger partial charge in [0.15, 0.2) is 0 Å². The van der Waals surface area contributed by atoms with Crippen LogP contribution in [0.5, 0.6) is 0 Å². The van der Waals surface area contributed by atoms with E-state index in [0.29, 0.717) is 17.4 Å². The van der Waals surface area contributed by atoms with Crippen LogP contribution in [0.3, 0.4) is 0 Å². The van der Waals surface area contributed by atoms with Crippen molar-refractivity contribution >= 4 is 19.7 Å². The molecule has 0 aliphatic rings. The highest BCUT2D eigenvalue weighted by Crippen LogP contribution is 2.38. The minimum atomic E-state index is -4.70. The Labute approximate surface area is 491 Å². The predicted molar refractivity (Wildman–Crippen MR) is 340 cm³/mol. The summed E-state index contributed by atoms with van der Waals surface area (Å²) in [5.41, 5.74) is 0. The van der Waals surface area contributed by atoms with Gasteiger partial charge in [-0.05, 0) is 83.1 Å². The average molecular weight is 1130 g/mol. The van der Waals surface area contributed by atoms with Gasteiger partial charge >= 0.3 is 5.97 Å². The molecule has 1 amide bonds. The van der Waals surface area contributed by atoms with E-state index in [1.165, 1.54) is 238 Å². The molecule has 0 aromatic carbocycles. The third kappa shape index (κ3) is 60.6. The lowest BCUT2D eigenvalue weighted by molar-refractivity contribution is -0.870. The topological polar surface area (TPSA) is 114 Å². The monoisotopic (exact) mass is 1130 g/mol. The Bertz CT molecular complexity index is 1450. The maximum atomic E-state index is 13.5. The lowest BCUT2D eigenvalue weighted by Crippen LogP contribution is -2.47. The molecule has 3 atom stereocenters. The molecule has 0 heterocycles. The highest BCUT2D eigenvalue weighted by atomic mass is 31.2. The molecule has 79 heavy (non-hydrogen) atoms. The number of ether oxygens (including phenoxy) is 1. The molecule has 0 rings (SSSR count). The summed E-state index contributed by atoms with van der Waals surface area (Å²) in [5, 5.41) is 3.04. The van der Waals surface area contributed by atoms with Gasteiger partial charge in [0.2, 0.25) is 5.91 Å². The number of nitrogens with zero attached hydrogens (tertiary/aromatic N) is 1. The van der Waals surface area contributed by atoms with Crippen molar-refractivity contribution in [3.63, 3.8) is 0 Å². The van der Waals surface area contributed by atoms with Crippen LogP contribution < -0.4 is 10.2 Å². The first-order valence-electron chi connectivity index (χ1n) is 34.3. The van der Waals surface area contributed by atoms with Crippen molar-refractivity contribution in [2.24, 2.45) is 0 Å². The van der Waals surface area contributed by atoms with Crippen molar-refractivity contribution < 1.29 is 37.3 Å². The SMILES string of the molecule is CCCCCCCC/C=C/CCCCCCCCCCCCCCCCCC(=O)OC(/C=C\CCCCCCCCCCC)C(COP(=O)([O-])OCC[N+](C)(C)C)NC(=O)CCCCCCCCC/C=C/CCCCCCCC. The second-order valence-electron chi connectivity index (χ2n) is 24.7. The fourth-order valence-corrected chi connectivity index (χ4v) is 10.9. The Morgan fingerprint density at radius 2 is 0.734 bits per heavy atom. The molecule has 0 aliphatic heterocycles. The van der Waals surface area contributed by atoms with Crippen LogP contribution in [0.25, 0.3) is 0 Å². The summed E-state index contributed by atoms with van der Waals surface area (Å²) in [6.07, 6.45) is 72.7. The molecule has 10 heteroatoms. The van der Waals surface area contributed by atoms with Crippen LogP contribution in [0.2, 0.25) is 0 Å². The Hall–Kier alpha value is -1.77. The second-order valence-corrected chi connectivity index (χ2v) is 26.1. The van der Waals surface area contributed by atoms with Gasteiger partial charge in [-0.1, -0.05) is 282 Å². The minimum absolute atomic E-state index is 0.0208. The van der Waals surface area contributed by atoms with Crippen LogP contribution in [-0.4, -0.2) is 69.4 Å². The molecule has 9 nitrogen and oxygen atoms in total. The van der Waals surface area contributed by atoms with Gasteiger partial charge in [0.1, 0.15) is 19.3 Å². The van der Waals surface area contributed by atoms with Crippen molar-refractivity contribution in [2.45, 2.75) is 354 Å². The van der Waals surface area contributed by atoms with Crippen molar-refractivity contribution in [1.29, 1.82) is 0 Å². The average Bonchev–Trinajstić information content (AvgIpc) is 3.41. The van der Waals surface area contributed by atoms with Crippen molar-refractivity contribution in [2.75, 3.05) is 40.9 Å².